The highest BCUT2D eigenvalue weighted by molar-refractivity contribution is 7.47. The lowest BCUT2D eigenvalue weighted by Gasteiger charge is -2.21. The Morgan fingerprint density at radius 3 is 0.642 bits per heavy atom. The van der Waals surface area contributed by atoms with Gasteiger partial charge in [-0.15, -0.1) is 0 Å². The van der Waals surface area contributed by atoms with Crippen molar-refractivity contribution in [1.29, 1.82) is 0 Å². The summed E-state index contributed by atoms with van der Waals surface area (Å²) in [5.41, 5.74) is 0. The zero-order valence-corrected chi connectivity index (χ0v) is 71.4. The average molecular weight is 1550 g/mol. The summed E-state index contributed by atoms with van der Waals surface area (Å²) >= 11 is 0. The molecule has 0 aliphatic heterocycles. The summed E-state index contributed by atoms with van der Waals surface area (Å²) in [6.07, 6.45) is 73.7. The van der Waals surface area contributed by atoms with Crippen molar-refractivity contribution in [2.45, 2.75) is 490 Å². The lowest BCUT2D eigenvalue weighted by atomic mass is 10.0. The third kappa shape index (κ3) is 80.1. The maximum Gasteiger partial charge on any atom is 0.472 e. The van der Waals surface area contributed by atoms with Gasteiger partial charge in [-0.3, -0.25) is 37.3 Å². The maximum atomic E-state index is 13.2. The van der Waals surface area contributed by atoms with Gasteiger partial charge in [0.05, 0.1) is 26.4 Å². The predicted molar refractivity (Wildman–Crippen MR) is 437 cm³/mol. The second-order valence-corrected chi connectivity index (χ2v) is 34.7. The van der Waals surface area contributed by atoms with Crippen LogP contribution in [0.15, 0.2) is 0 Å². The van der Waals surface area contributed by atoms with E-state index in [4.69, 9.17) is 37.0 Å². The Bertz CT molecular complexity index is 2010. The van der Waals surface area contributed by atoms with Gasteiger partial charge in [-0.1, -0.05) is 420 Å². The first kappa shape index (κ1) is 104. The van der Waals surface area contributed by atoms with Crippen molar-refractivity contribution >= 4 is 39.5 Å². The van der Waals surface area contributed by atoms with E-state index < -0.39 is 97.5 Å². The molecule has 106 heavy (non-hydrogen) atoms. The molecule has 0 aromatic heterocycles. The number of ether oxygens (including phenoxy) is 4. The van der Waals surface area contributed by atoms with Crippen LogP contribution in [-0.2, 0) is 65.4 Å². The van der Waals surface area contributed by atoms with Crippen LogP contribution < -0.4 is 0 Å². The van der Waals surface area contributed by atoms with E-state index in [9.17, 15) is 43.2 Å². The summed E-state index contributed by atoms with van der Waals surface area (Å²) in [5.74, 6) is -1.37. The molecule has 0 radical (unpaired) electrons. The van der Waals surface area contributed by atoms with Crippen LogP contribution >= 0.6 is 15.6 Å². The molecular formula is C87H170O17P2. The maximum absolute atomic E-state index is 13.2. The first-order valence-corrected chi connectivity index (χ1v) is 48.1. The molecular weight excluding hydrogens is 1380 g/mol. The van der Waals surface area contributed by atoms with E-state index >= 15 is 0 Å². The second kappa shape index (κ2) is 79.7. The molecule has 0 saturated carbocycles. The topological polar surface area (TPSA) is 237 Å². The quantitative estimate of drug-likeness (QED) is 0.0222. The Hall–Kier alpha value is -1.94. The van der Waals surface area contributed by atoms with Gasteiger partial charge in [0.25, 0.3) is 0 Å². The Balaban J connectivity index is 5.23. The van der Waals surface area contributed by atoms with E-state index in [1.807, 2.05) is 0 Å². The first-order valence-electron chi connectivity index (χ1n) is 45.1. The van der Waals surface area contributed by atoms with Gasteiger partial charge in [-0.05, 0) is 31.6 Å². The van der Waals surface area contributed by atoms with Gasteiger partial charge in [-0.25, -0.2) is 9.13 Å². The van der Waals surface area contributed by atoms with Crippen molar-refractivity contribution in [2.75, 3.05) is 39.6 Å². The monoisotopic (exact) mass is 1550 g/mol. The van der Waals surface area contributed by atoms with Crippen LogP contribution in [0, 0.1) is 5.92 Å². The molecule has 0 aliphatic rings. The van der Waals surface area contributed by atoms with E-state index in [1.54, 1.807) is 0 Å². The largest absolute Gasteiger partial charge is 0.472 e. The van der Waals surface area contributed by atoms with Gasteiger partial charge in [0, 0.05) is 25.7 Å². The van der Waals surface area contributed by atoms with Crippen LogP contribution in [0.3, 0.4) is 0 Å². The standard InChI is InChI=1S/C87H170O17P2/c1-6-9-12-15-18-21-24-27-30-32-34-35-36-37-39-42-45-48-51-58-63-68-73-86(91)103-82(76-97-84(89)70-65-60-55-49-46-43-41-38-33-31-28-25-22-19-16-13-10-7-2)78-101-105(93,94)99-74-81(88)75-100-106(95,96)102-79-83(77-98-85(90)71-66-61-56-53-52-54-59-64-69-80(4)5)104-87(92)72-67-62-57-50-47-44-40-29-26-23-20-17-14-11-8-3/h80-83,88H,6-79H2,1-5H3,(H,93,94)(H,95,96)/t81-,82-,83-/m1/s1. The highest BCUT2D eigenvalue weighted by Gasteiger charge is 2.30. The molecule has 0 aromatic rings. The van der Waals surface area contributed by atoms with Gasteiger partial charge in [0.15, 0.2) is 12.2 Å². The summed E-state index contributed by atoms with van der Waals surface area (Å²) in [5, 5.41) is 10.7. The van der Waals surface area contributed by atoms with Crippen molar-refractivity contribution in [3.8, 4) is 0 Å². The molecule has 17 nitrogen and oxygen atoms in total. The van der Waals surface area contributed by atoms with E-state index in [-0.39, 0.29) is 25.7 Å². The molecule has 0 fully saturated rings. The molecule has 630 valence electrons. The highest BCUT2D eigenvalue weighted by atomic mass is 31.2. The smallest absolute Gasteiger partial charge is 0.462 e. The third-order valence-electron chi connectivity index (χ3n) is 20.5. The van der Waals surface area contributed by atoms with Crippen molar-refractivity contribution < 1.29 is 80.2 Å². The molecule has 2 unspecified atom stereocenters. The fraction of sp³-hybridized carbons (Fsp3) is 0.954. The van der Waals surface area contributed by atoms with Gasteiger partial charge < -0.3 is 33.8 Å². The highest BCUT2D eigenvalue weighted by Crippen LogP contribution is 2.45. The SMILES string of the molecule is CCCCCCCCCCCCCCCCCCCCCCCCC(=O)O[C@H](COC(=O)CCCCCCCCCCCCCCCCCCCC)COP(=O)(O)OC[C@@H](O)COP(=O)(O)OC[C@@H](COC(=O)CCCCCCCCCCC(C)C)OC(=O)CCCCCCCCCCCCCCCCC. The van der Waals surface area contributed by atoms with Crippen molar-refractivity contribution in [3.63, 3.8) is 0 Å². The second-order valence-electron chi connectivity index (χ2n) is 31.8. The van der Waals surface area contributed by atoms with E-state index in [2.05, 4.69) is 34.6 Å². The zero-order chi connectivity index (χ0) is 77.6. The normalized spacial score (nSPS) is 13.7. The van der Waals surface area contributed by atoms with Crippen molar-refractivity contribution in [3.05, 3.63) is 0 Å². The lowest BCUT2D eigenvalue weighted by Crippen LogP contribution is -2.30. The van der Waals surface area contributed by atoms with Gasteiger partial charge >= 0.3 is 39.5 Å². The number of carbonyl (C=O) groups excluding carboxylic acids is 4. The number of carbonyl (C=O) groups is 4. The van der Waals surface area contributed by atoms with Crippen molar-refractivity contribution in [1.82, 2.24) is 0 Å². The molecule has 0 amide bonds. The van der Waals surface area contributed by atoms with E-state index in [0.717, 1.165) is 95.8 Å². The minimum absolute atomic E-state index is 0.108. The molecule has 0 heterocycles. The Labute approximate surface area is 651 Å². The minimum atomic E-state index is -4.97. The van der Waals surface area contributed by atoms with Crippen LogP contribution in [0.2, 0.25) is 0 Å². The van der Waals surface area contributed by atoms with Crippen LogP contribution in [0.1, 0.15) is 471 Å². The van der Waals surface area contributed by atoms with Crippen LogP contribution in [0.4, 0.5) is 0 Å². The number of hydrogen-bond donors (Lipinski definition) is 3. The summed E-state index contributed by atoms with van der Waals surface area (Å²) in [4.78, 5) is 73.2. The summed E-state index contributed by atoms with van der Waals surface area (Å²) < 4.78 is 68.9. The summed E-state index contributed by atoms with van der Waals surface area (Å²) in [6, 6.07) is 0. The summed E-state index contributed by atoms with van der Waals surface area (Å²) in [7, 11) is -9.93. The molecule has 0 rings (SSSR count). The number of rotatable bonds is 87. The van der Waals surface area contributed by atoms with Crippen LogP contribution in [0.5, 0.6) is 0 Å². The molecule has 0 spiro atoms. The Morgan fingerprint density at radius 2 is 0.434 bits per heavy atom. The molecule has 0 bridgehead atoms. The lowest BCUT2D eigenvalue weighted by molar-refractivity contribution is -0.161. The number of esters is 4. The molecule has 3 N–H and O–H groups in total. The Kier molecular flexibility index (Phi) is 78.2. The van der Waals surface area contributed by atoms with Gasteiger partial charge in [0.2, 0.25) is 0 Å². The third-order valence-corrected chi connectivity index (χ3v) is 22.4. The van der Waals surface area contributed by atoms with Crippen LogP contribution in [-0.4, -0.2) is 96.7 Å². The van der Waals surface area contributed by atoms with Crippen LogP contribution in [0.25, 0.3) is 0 Å². The molecule has 0 aromatic carbocycles. The van der Waals surface area contributed by atoms with Crippen molar-refractivity contribution in [2.24, 2.45) is 5.92 Å². The number of hydrogen-bond acceptors (Lipinski definition) is 15. The average Bonchev–Trinajstić information content (AvgIpc) is 0.908. The van der Waals surface area contributed by atoms with E-state index in [0.29, 0.717) is 25.7 Å². The Morgan fingerprint density at radius 1 is 0.255 bits per heavy atom. The molecule has 5 atom stereocenters. The number of unbranched alkanes of at least 4 members (excludes halogenated alkanes) is 59. The molecule has 0 saturated heterocycles. The predicted octanol–water partition coefficient (Wildman–Crippen LogP) is 26.8. The zero-order valence-electron chi connectivity index (χ0n) is 69.6. The number of phosphoric acid groups is 2. The first-order chi connectivity index (χ1) is 51.5. The fourth-order valence-electron chi connectivity index (χ4n) is 13.6. The summed E-state index contributed by atoms with van der Waals surface area (Å²) in [6.45, 7) is 7.34. The fourth-order valence-corrected chi connectivity index (χ4v) is 15.2. The number of phosphoric ester groups is 2. The van der Waals surface area contributed by atoms with E-state index in [1.165, 1.54) is 295 Å². The molecule has 0 aliphatic carbocycles. The van der Waals surface area contributed by atoms with Gasteiger partial charge in [-0.2, -0.15) is 0 Å². The number of aliphatic hydroxyl groups is 1. The number of aliphatic hydroxyl groups excluding tert-OH is 1. The van der Waals surface area contributed by atoms with Gasteiger partial charge in [0.1, 0.15) is 19.3 Å². The minimum Gasteiger partial charge on any atom is -0.462 e. The molecule has 19 heteroatoms.